The number of esters is 1. The number of urea groups is 1. The zero-order chi connectivity index (χ0) is 17.6. The van der Waals surface area contributed by atoms with Crippen molar-refractivity contribution in [1.29, 1.82) is 0 Å². The molecule has 1 aromatic carbocycles. The molecule has 2 aromatic rings. The molecular formula is C18H21N3O4. The van der Waals surface area contributed by atoms with Crippen LogP contribution < -0.4 is 5.32 Å². The highest BCUT2D eigenvalue weighted by atomic mass is 16.5. The molecule has 1 saturated carbocycles. The van der Waals surface area contributed by atoms with Gasteiger partial charge in [0.1, 0.15) is 5.52 Å². The number of oxazole rings is 1. The van der Waals surface area contributed by atoms with Crippen LogP contribution in [-0.4, -0.2) is 42.1 Å². The molecule has 7 heteroatoms. The smallest absolute Gasteiger partial charge is 0.321 e. The lowest BCUT2D eigenvalue weighted by Crippen LogP contribution is -2.42. The van der Waals surface area contributed by atoms with E-state index in [1.165, 1.54) is 7.11 Å². The van der Waals surface area contributed by atoms with Gasteiger partial charge in [0.15, 0.2) is 11.5 Å². The molecular weight excluding hydrogens is 322 g/mol. The molecule has 1 aliphatic carbocycles. The predicted octanol–water partition coefficient (Wildman–Crippen LogP) is 2.94. The Morgan fingerprint density at radius 3 is 2.84 bits per heavy atom. The van der Waals surface area contributed by atoms with Crippen LogP contribution in [0.5, 0.6) is 0 Å². The maximum absolute atomic E-state index is 12.5. The molecule has 1 aliphatic heterocycles. The van der Waals surface area contributed by atoms with Crippen LogP contribution in [0.4, 0.5) is 10.5 Å². The quantitative estimate of drug-likeness (QED) is 0.848. The fourth-order valence-corrected chi connectivity index (χ4v) is 3.85. The molecule has 132 valence electrons. The number of anilines is 1. The summed E-state index contributed by atoms with van der Waals surface area (Å²) in [7, 11) is 1.43. The van der Waals surface area contributed by atoms with Crippen LogP contribution in [0.3, 0.4) is 0 Å². The molecule has 2 fully saturated rings. The van der Waals surface area contributed by atoms with Gasteiger partial charge in [-0.25, -0.2) is 9.78 Å². The highest BCUT2D eigenvalue weighted by Crippen LogP contribution is 2.59. The van der Waals surface area contributed by atoms with Gasteiger partial charge >= 0.3 is 12.0 Å². The second-order valence-electron chi connectivity index (χ2n) is 6.97. The summed E-state index contributed by atoms with van der Waals surface area (Å²) in [6.45, 7) is 3.10. The third-order valence-electron chi connectivity index (χ3n) is 5.47. The van der Waals surface area contributed by atoms with Gasteiger partial charge in [-0.05, 0) is 36.8 Å². The summed E-state index contributed by atoms with van der Waals surface area (Å²) >= 11 is 0. The van der Waals surface area contributed by atoms with Crippen LogP contribution in [0, 0.1) is 18.3 Å². The van der Waals surface area contributed by atoms with Crippen LogP contribution in [-0.2, 0) is 9.53 Å². The third-order valence-corrected chi connectivity index (χ3v) is 5.47. The Morgan fingerprint density at radius 1 is 1.36 bits per heavy atom. The van der Waals surface area contributed by atoms with Crippen molar-refractivity contribution < 1.29 is 18.7 Å². The molecule has 0 unspecified atom stereocenters. The van der Waals surface area contributed by atoms with Gasteiger partial charge in [0.25, 0.3) is 0 Å². The fourth-order valence-electron chi connectivity index (χ4n) is 3.85. The minimum atomic E-state index is -0.124. The number of carbonyl (C=O) groups excluding carboxylic acids is 2. The molecule has 2 heterocycles. The first-order valence-corrected chi connectivity index (χ1v) is 8.52. The number of amides is 2. The van der Waals surface area contributed by atoms with E-state index in [-0.39, 0.29) is 23.3 Å². The van der Waals surface area contributed by atoms with Crippen molar-refractivity contribution in [2.24, 2.45) is 11.3 Å². The standard InChI is InChI=1S/C18H21N3O4/c1-11-19-14-4-3-12(9-15(14)25-11)20-17(23)21-7-5-18(6-8-21)10-13(18)16(22)24-2/h3-4,9,13H,5-8,10H2,1-2H3,(H,20,23)/t13-/m1/s1. The maximum atomic E-state index is 12.5. The molecule has 1 N–H and O–H groups in total. The number of rotatable bonds is 2. The van der Waals surface area contributed by atoms with Crippen LogP contribution in [0.25, 0.3) is 11.1 Å². The van der Waals surface area contributed by atoms with Gasteiger partial charge in [0, 0.05) is 31.8 Å². The van der Waals surface area contributed by atoms with E-state index >= 15 is 0 Å². The van der Waals surface area contributed by atoms with E-state index in [0.717, 1.165) is 24.8 Å². The van der Waals surface area contributed by atoms with E-state index in [4.69, 9.17) is 9.15 Å². The van der Waals surface area contributed by atoms with Crippen molar-refractivity contribution in [2.45, 2.75) is 26.2 Å². The number of hydrogen-bond donors (Lipinski definition) is 1. The highest BCUT2D eigenvalue weighted by Gasteiger charge is 2.59. The minimum absolute atomic E-state index is 0.0137. The summed E-state index contributed by atoms with van der Waals surface area (Å²) in [6, 6.07) is 5.31. The second kappa shape index (κ2) is 5.75. The molecule has 0 radical (unpaired) electrons. The molecule has 2 aliphatic rings. The van der Waals surface area contributed by atoms with Gasteiger partial charge in [-0.3, -0.25) is 4.79 Å². The van der Waals surface area contributed by atoms with Crippen molar-refractivity contribution in [3.05, 3.63) is 24.1 Å². The van der Waals surface area contributed by atoms with Gasteiger partial charge in [0.2, 0.25) is 0 Å². The van der Waals surface area contributed by atoms with Crippen LogP contribution in [0.2, 0.25) is 0 Å². The molecule has 0 bridgehead atoms. The van der Waals surface area contributed by atoms with Gasteiger partial charge in [-0.2, -0.15) is 0 Å². The number of fused-ring (bicyclic) bond motifs is 1. The van der Waals surface area contributed by atoms with E-state index in [1.54, 1.807) is 17.9 Å². The minimum Gasteiger partial charge on any atom is -0.469 e. The number of likely N-dealkylation sites (tertiary alicyclic amines) is 1. The Balaban J connectivity index is 1.37. The fraction of sp³-hybridized carbons (Fsp3) is 0.500. The Kier molecular flexibility index (Phi) is 3.67. The molecule has 1 atom stereocenters. The van der Waals surface area contributed by atoms with Gasteiger partial charge in [-0.15, -0.1) is 0 Å². The van der Waals surface area contributed by atoms with Gasteiger partial charge in [0.05, 0.1) is 13.0 Å². The second-order valence-corrected chi connectivity index (χ2v) is 6.97. The number of carbonyl (C=O) groups is 2. The number of nitrogens with one attached hydrogen (secondary N) is 1. The topological polar surface area (TPSA) is 84.7 Å². The first kappa shape index (κ1) is 15.9. The SMILES string of the molecule is COC(=O)[C@H]1CC12CCN(C(=O)Nc1ccc3nc(C)oc3c1)CC2. The first-order valence-electron chi connectivity index (χ1n) is 8.52. The van der Waals surface area contributed by atoms with Crippen molar-refractivity contribution in [2.75, 3.05) is 25.5 Å². The Bertz CT molecular complexity index is 836. The number of hydrogen-bond acceptors (Lipinski definition) is 5. The number of methoxy groups -OCH3 is 1. The van der Waals surface area contributed by atoms with Crippen molar-refractivity contribution >= 4 is 28.8 Å². The Morgan fingerprint density at radius 2 is 2.12 bits per heavy atom. The summed E-state index contributed by atoms with van der Waals surface area (Å²) in [5.74, 6) is 0.498. The zero-order valence-corrected chi connectivity index (χ0v) is 14.4. The lowest BCUT2D eigenvalue weighted by molar-refractivity contribution is -0.143. The summed E-state index contributed by atoms with van der Waals surface area (Å²) in [6.07, 6.45) is 2.58. The van der Waals surface area contributed by atoms with E-state index in [9.17, 15) is 9.59 Å². The molecule has 1 spiro atoms. The summed E-state index contributed by atoms with van der Waals surface area (Å²) in [5.41, 5.74) is 2.18. The predicted molar refractivity (Wildman–Crippen MR) is 91.1 cm³/mol. The number of nitrogens with zero attached hydrogens (tertiary/aromatic N) is 2. The number of ether oxygens (including phenoxy) is 1. The number of aryl methyl sites for hydroxylation is 1. The van der Waals surface area contributed by atoms with E-state index in [0.29, 0.717) is 30.3 Å². The molecule has 1 saturated heterocycles. The average molecular weight is 343 g/mol. The normalized spacial score (nSPS) is 21.4. The zero-order valence-electron chi connectivity index (χ0n) is 14.4. The van der Waals surface area contributed by atoms with Crippen LogP contribution in [0.1, 0.15) is 25.2 Å². The maximum Gasteiger partial charge on any atom is 0.321 e. The highest BCUT2D eigenvalue weighted by molar-refractivity contribution is 5.91. The number of aromatic nitrogens is 1. The summed E-state index contributed by atoms with van der Waals surface area (Å²) in [5, 5.41) is 2.91. The van der Waals surface area contributed by atoms with E-state index < -0.39 is 0 Å². The van der Waals surface area contributed by atoms with Gasteiger partial charge in [-0.1, -0.05) is 0 Å². The monoisotopic (exact) mass is 343 g/mol. The summed E-state index contributed by atoms with van der Waals surface area (Å²) in [4.78, 5) is 30.2. The average Bonchev–Trinajstić information content (AvgIpc) is 3.16. The molecule has 7 nitrogen and oxygen atoms in total. The summed E-state index contributed by atoms with van der Waals surface area (Å²) < 4.78 is 10.3. The van der Waals surface area contributed by atoms with E-state index in [2.05, 4.69) is 10.3 Å². The third kappa shape index (κ3) is 2.83. The van der Waals surface area contributed by atoms with Crippen molar-refractivity contribution in [3.63, 3.8) is 0 Å². The first-order chi connectivity index (χ1) is 12.0. The lowest BCUT2D eigenvalue weighted by atomic mass is 9.91. The van der Waals surface area contributed by atoms with E-state index in [1.807, 2.05) is 12.1 Å². The van der Waals surface area contributed by atoms with Crippen molar-refractivity contribution in [3.8, 4) is 0 Å². The van der Waals surface area contributed by atoms with Gasteiger partial charge < -0.3 is 19.4 Å². The lowest BCUT2D eigenvalue weighted by Gasteiger charge is -2.32. The number of benzene rings is 1. The van der Waals surface area contributed by atoms with Crippen LogP contribution in [0.15, 0.2) is 22.6 Å². The van der Waals surface area contributed by atoms with Crippen molar-refractivity contribution in [1.82, 2.24) is 9.88 Å². The molecule has 25 heavy (non-hydrogen) atoms. The molecule has 4 rings (SSSR count). The Labute approximate surface area is 145 Å². The largest absolute Gasteiger partial charge is 0.469 e. The van der Waals surface area contributed by atoms with Crippen LogP contribution >= 0.6 is 0 Å². The number of piperidine rings is 1. The molecule has 2 amide bonds. The Hall–Kier alpha value is -2.57. The molecule has 1 aromatic heterocycles.